The van der Waals surface area contributed by atoms with Crippen LogP contribution >= 0.6 is 12.2 Å². The van der Waals surface area contributed by atoms with Gasteiger partial charge in [-0.15, -0.1) is 0 Å². The van der Waals surface area contributed by atoms with E-state index in [0.717, 1.165) is 41.5 Å². The van der Waals surface area contributed by atoms with Gasteiger partial charge in [0.25, 0.3) is 0 Å². The van der Waals surface area contributed by atoms with Crippen molar-refractivity contribution in [3.8, 4) is 28.7 Å². The first kappa shape index (κ1) is 24.5. The van der Waals surface area contributed by atoms with Gasteiger partial charge in [-0.1, -0.05) is 0 Å². The van der Waals surface area contributed by atoms with E-state index in [9.17, 15) is 0 Å². The van der Waals surface area contributed by atoms with Crippen LogP contribution in [0.25, 0.3) is 0 Å². The second-order valence-corrected chi connectivity index (χ2v) is 8.40. The summed E-state index contributed by atoms with van der Waals surface area (Å²) in [5.41, 5.74) is 3.18. The van der Waals surface area contributed by atoms with E-state index < -0.39 is 0 Å². The first-order valence-corrected chi connectivity index (χ1v) is 11.7. The SMILES string of the molecule is COc1ccc(NC(=S)N2CCc3cc(OC)c(OC)cc3[C@@H]2COc2ccc(OC)cc2)cc1. The van der Waals surface area contributed by atoms with Gasteiger partial charge in [-0.3, -0.25) is 0 Å². The molecule has 4 rings (SSSR count). The molecule has 3 aromatic carbocycles. The number of benzene rings is 3. The molecule has 0 aromatic heterocycles. The molecule has 0 radical (unpaired) electrons. The van der Waals surface area contributed by atoms with E-state index in [4.69, 9.17) is 35.9 Å². The molecule has 3 aromatic rings. The molecule has 1 heterocycles. The molecule has 0 spiro atoms. The lowest BCUT2D eigenvalue weighted by molar-refractivity contribution is 0.190. The molecule has 1 aliphatic heterocycles. The van der Waals surface area contributed by atoms with Crippen LogP contribution in [-0.2, 0) is 6.42 Å². The largest absolute Gasteiger partial charge is 0.497 e. The van der Waals surface area contributed by atoms with Gasteiger partial charge < -0.3 is 33.9 Å². The Labute approximate surface area is 211 Å². The standard InChI is InChI=1S/C27H30N2O5S/c1-30-20-7-5-19(6-8-20)28-27(35)29-14-13-18-15-25(32-3)26(33-4)16-23(18)24(29)17-34-22-11-9-21(31-2)10-12-22/h5-12,15-16,24H,13-14,17H2,1-4H3,(H,28,35)/t24-/m0/s1. The molecule has 0 saturated heterocycles. The minimum absolute atomic E-state index is 0.126. The van der Waals surface area contributed by atoms with Gasteiger partial charge in [0, 0.05) is 12.2 Å². The third-order valence-corrected chi connectivity index (χ3v) is 6.41. The van der Waals surface area contributed by atoms with Crippen LogP contribution in [0.2, 0.25) is 0 Å². The van der Waals surface area contributed by atoms with Crippen LogP contribution in [0.3, 0.4) is 0 Å². The third kappa shape index (κ3) is 5.54. The van der Waals surface area contributed by atoms with Crippen molar-refractivity contribution in [2.45, 2.75) is 12.5 Å². The van der Waals surface area contributed by atoms with Crippen LogP contribution < -0.4 is 29.0 Å². The number of thiocarbonyl (C=S) groups is 1. The highest BCUT2D eigenvalue weighted by molar-refractivity contribution is 7.80. The molecule has 0 saturated carbocycles. The van der Waals surface area contributed by atoms with E-state index in [1.807, 2.05) is 60.7 Å². The number of nitrogens with zero attached hydrogens (tertiary/aromatic N) is 1. The van der Waals surface area contributed by atoms with E-state index in [2.05, 4.69) is 10.2 Å². The molecular formula is C27H30N2O5S. The molecular weight excluding hydrogens is 464 g/mol. The summed E-state index contributed by atoms with van der Waals surface area (Å²) in [6, 6.07) is 19.2. The minimum atomic E-state index is -0.126. The number of hydrogen-bond acceptors (Lipinski definition) is 6. The summed E-state index contributed by atoms with van der Waals surface area (Å²) in [6.45, 7) is 1.14. The van der Waals surface area contributed by atoms with Crippen LogP contribution in [0, 0.1) is 0 Å². The van der Waals surface area contributed by atoms with Crippen LogP contribution in [0.15, 0.2) is 60.7 Å². The number of hydrogen-bond donors (Lipinski definition) is 1. The first-order valence-electron chi connectivity index (χ1n) is 11.3. The van der Waals surface area contributed by atoms with Crippen molar-refractivity contribution in [2.75, 3.05) is 46.9 Å². The van der Waals surface area contributed by atoms with E-state index in [1.54, 1.807) is 28.4 Å². The Hall–Kier alpha value is -3.65. The van der Waals surface area contributed by atoms with Crippen molar-refractivity contribution in [3.63, 3.8) is 0 Å². The quantitative estimate of drug-likeness (QED) is 0.434. The van der Waals surface area contributed by atoms with Gasteiger partial charge in [0.15, 0.2) is 16.6 Å². The molecule has 8 heteroatoms. The molecule has 0 bridgehead atoms. The molecule has 0 unspecified atom stereocenters. The molecule has 184 valence electrons. The van der Waals surface area contributed by atoms with Crippen LogP contribution in [0.1, 0.15) is 17.2 Å². The Kier molecular flexibility index (Phi) is 7.82. The van der Waals surface area contributed by atoms with E-state index in [1.165, 1.54) is 5.56 Å². The highest BCUT2D eigenvalue weighted by atomic mass is 32.1. The Bertz CT molecular complexity index is 1150. The zero-order chi connectivity index (χ0) is 24.8. The molecule has 1 aliphatic rings. The maximum Gasteiger partial charge on any atom is 0.174 e. The summed E-state index contributed by atoms with van der Waals surface area (Å²) < 4.78 is 27.9. The fraction of sp³-hybridized carbons (Fsp3) is 0.296. The van der Waals surface area contributed by atoms with Crippen molar-refractivity contribution in [2.24, 2.45) is 0 Å². The lowest BCUT2D eigenvalue weighted by Crippen LogP contribution is -2.44. The Morgan fingerprint density at radius 3 is 2.00 bits per heavy atom. The van der Waals surface area contributed by atoms with Crippen LogP contribution in [0.4, 0.5) is 5.69 Å². The van der Waals surface area contributed by atoms with Gasteiger partial charge in [0.1, 0.15) is 23.9 Å². The summed E-state index contributed by atoms with van der Waals surface area (Å²) in [7, 11) is 6.58. The molecule has 0 fully saturated rings. The van der Waals surface area contributed by atoms with Crippen molar-refractivity contribution in [3.05, 3.63) is 71.8 Å². The number of anilines is 1. The van der Waals surface area contributed by atoms with Crippen molar-refractivity contribution in [1.82, 2.24) is 4.90 Å². The zero-order valence-electron chi connectivity index (χ0n) is 20.4. The number of ether oxygens (including phenoxy) is 5. The number of rotatable bonds is 8. The maximum absolute atomic E-state index is 6.22. The molecule has 7 nitrogen and oxygen atoms in total. The van der Waals surface area contributed by atoms with Crippen LogP contribution in [-0.4, -0.2) is 51.6 Å². The monoisotopic (exact) mass is 494 g/mol. The highest BCUT2D eigenvalue weighted by Crippen LogP contribution is 2.39. The van der Waals surface area contributed by atoms with Crippen molar-refractivity contribution < 1.29 is 23.7 Å². The molecule has 35 heavy (non-hydrogen) atoms. The number of nitrogens with one attached hydrogen (secondary N) is 1. The van der Waals surface area contributed by atoms with Gasteiger partial charge in [0.2, 0.25) is 0 Å². The van der Waals surface area contributed by atoms with E-state index >= 15 is 0 Å². The average molecular weight is 495 g/mol. The fourth-order valence-corrected chi connectivity index (χ4v) is 4.50. The second-order valence-electron chi connectivity index (χ2n) is 8.01. The summed E-state index contributed by atoms with van der Waals surface area (Å²) in [4.78, 5) is 2.16. The smallest absolute Gasteiger partial charge is 0.174 e. The maximum atomic E-state index is 6.22. The Morgan fingerprint density at radius 1 is 0.829 bits per heavy atom. The Balaban J connectivity index is 1.61. The molecule has 0 amide bonds. The summed E-state index contributed by atoms with van der Waals surface area (Å²) in [6.07, 6.45) is 0.819. The first-order chi connectivity index (χ1) is 17.1. The van der Waals surface area contributed by atoms with Gasteiger partial charge >= 0.3 is 0 Å². The second kappa shape index (κ2) is 11.2. The third-order valence-electron chi connectivity index (χ3n) is 6.07. The zero-order valence-corrected chi connectivity index (χ0v) is 21.2. The minimum Gasteiger partial charge on any atom is -0.497 e. The van der Waals surface area contributed by atoms with Gasteiger partial charge in [-0.05, 0) is 90.4 Å². The average Bonchev–Trinajstić information content (AvgIpc) is 2.91. The summed E-state index contributed by atoms with van der Waals surface area (Å²) in [5.74, 6) is 3.72. The van der Waals surface area contributed by atoms with Crippen molar-refractivity contribution >= 4 is 23.0 Å². The summed E-state index contributed by atoms with van der Waals surface area (Å²) >= 11 is 5.85. The van der Waals surface area contributed by atoms with Crippen LogP contribution in [0.5, 0.6) is 28.7 Å². The topological polar surface area (TPSA) is 61.4 Å². The summed E-state index contributed by atoms with van der Waals surface area (Å²) in [5, 5.41) is 3.99. The predicted octanol–water partition coefficient (Wildman–Crippen LogP) is 5.10. The Morgan fingerprint density at radius 2 is 1.40 bits per heavy atom. The van der Waals surface area contributed by atoms with E-state index in [-0.39, 0.29) is 6.04 Å². The lowest BCUT2D eigenvalue weighted by Gasteiger charge is -2.39. The van der Waals surface area contributed by atoms with Gasteiger partial charge in [-0.25, -0.2) is 0 Å². The fourth-order valence-electron chi connectivity index (χ4n) is 4.17. The lowest BCUT2D eigenvalue weighted by atomic mass is 9.92. The van der Waals surface area contributed by atoms with Gasteiger partial charge in [-0.2, -0.15) is 0 Å². The van der Waals surface area contributed by atoms with Crippen molar-refractivity contribution in [1.29, 1.82) is 0 Å². The van der Waals surface area contributed by atoms with Gasteiger partial charge in [0.05, 0.1) is 34.5 Å². The molecule has 1 atom stereocenters. The molecule has 0 aliphatic carbocycles. The number of fused-ring (bicyclic) bond motifs is 1. The normalized spacial score (nSPS) is 14.5. The van der Waals surface area contributed by atoms with E-state index in [0.29, 0.717) is 23.2 Å². The predicted molar refractivity (Wildman–Crippen MR) is 140 cm³/mol. The molecule has 1 N–H and O–H groups in total. The highest BCUT2D eigenvalue weighted by Gasteiger charge is 2.31. The number of methoxy groups -OCH3 is 4.